The first-order valence-electron chi connectivity index (χ1n) is 11.5. The van der Waals surface area contributed by atoms with E-state index >= 15 is 0 Å². The monoisotopic (exact) mass is 497 g/mol. The number of ether oxygens (including phenoxy) is 1. The molecular weight excluding hydrogens is 470 g/mol. The lowest BCUT2D eigenvalue weighted by Crippen LogP contribution is -2.31. The highest BCUT2D eigenvalue weighted by Gasteiger charge is 2.31. The van der Waals surface area contributed by atoms with E-state index in [1.54, 1.807) is 22.9 Å². The lowest BCUT2D eigenvalue weighted by Gasteiger charge is -2.17. The molecule has 2 N–H and O–H groups in total. The predicted molar refractivity (Wildman–Crippen MR) is 129 cm³/mol. The fraction of sp³-hybridized carbons (Fsp3) is 0.478. The average Bonchev–Trinajstić information content (AvgIpc) is 3.21. The second kappa shape index (κ2) is 10.4. The normalized spacial score (nSPS) is 20.3. The molecule has 5 heterocycles. The summed E-state index contributed by atoms with van der Waals surface area (Å²) in [6.45, 7) is 3.44. The van der Waals surface area contributed by atoms with Crippen LogP contribution in [0.2, 0.25) is 0 Å². The molecule has 1 saturated heterocycles. The molecule has 0 unspecified atom stereocenters. The fourth-order valence-corrected chi connectivity index (χ4v) is 5.28. The van der Waals surface area contributed by atoms with Gasteiger partial charge >= 0.3 is 0 Å². The number of hydrogen-bond acceptors (Lipinski definition) is 11. The molecule has 12 heteroatoms. The van der Waals surface area contributed by atoms with E-state index in [1.807, 2.05) is 0 Å². The minimum atomic E-state index is -0.463. The molecule has 2 atom stereocenters. The zero-order valence-corrected chi connectivity index (χ0v) is 20.2. The van der Waals surface area contributed by atoms with E-state index < -0.39 is 6.10 Å². The van der Waals surface area contributed by atoms with Gasteiger partial charge in [-0.05, 0) is 6.07 Å². The van der Waals surface area contributed by atoms with E-state index in [0.717, 1.165) is 16.4 Å². The summed E-state index contributed by atoms with van der Waals surface area (Å²) in [5.74, 6) is 1.12. The standard InChI is InChI=1S/C23H27N7O4S/c1-34-20-3-2-17-22(28-20)30(21(33)10-25-17)5-4-29-11-14(19(32)12-29)7-24-8-15-9-26-23-18(27-15)6-16(31)13-35-23/h2-3,9-10,14,19,24,32H,4-8,11-13H2,1H3/t14-,19+/m0/s1. The van der Waals surface area contributed by atoms with Crippen molar-refractivity contribution in [3.8, 4) is 5.88 Å². The molecule has 3 aromatic rings. The number of pyridine rings is 1. The topological polar surface area (TPSA) is 135 Å². The number of Topliss-reactive ketones (excluding diaryl/α,β-unsaturated/α-hetero) is 1. The van der Waals surface area contributed by atoms with Gasteiger partial charge in [0.05, 0.1) is 49.2 Å². The Kier molecular flexibility index (Phi) is 7.04. The smallest absolute Gasteiger partial charge is 0.270 e. The van der Waals surface area contributed by atoms with Crippen LogP contribution in [-0.4, -0.2) is 85.4 Å². The third kappa shape index (κ3) is 5.35. The fourth-order valence-electron chi connectivity index (χ4n) is 4.47. The summed E-state index contributed by atoms with van der Waals surface area (Å²) >= 11 is 1.44. The molecule has 35 heavy (non-hydrogen) atoms. The third-order valence-corrected chi connectivity index (χ3v) is 7.38. The summed E-state index contributed by atoms with van der Waals surface area (Å²) in [6, 6.07) is 3.49. The molecular formula is C23H27N7O4S. The first-order chi connectivity index (χ1) is 17.0. The minimum absolute atomic E-state index is 0.0573. The molecule has 0 saturated carbocycles. The molecule has 0 bridgehead atoms. The van der Waals surface area contributed by atoms with Crippen molar-refractivity contribution in [2.75, 3.05) is 39.0 Å². The predicted octanol–water partition coefficient (Wildman–Crippen LogP) is -0.110. The van der Waals surface area contributed by atoms with Crippen LogP contribution in [0.15, 0.2) is 34.3 Å². The average molecular weight is 498 g/mol. The number of nitrogens with one attached hydrogen (secondary N) is 1. The molecule has 11 nitrogen and oxygen atoms in total. The molecule has 0 amide bonds. The molecule has 0 radical (unpaired) electrons. The number of aliphatic hydroxyl groups is 1. The van der Waals surface area contributed by atoms with Crippen molar-refractivity contribution in [2.24, 2.45) is 5.92 Å². The van der Waals surface area contributed by atoms with E-state index in [-0.39, 0.29) is 17.3 Å². The van der Waals surface area contributed by atoms with Crippen LogP contribution in [0.3, 0.4) is 0 Å². The highest BCUT2D eigenvalue weighted by Crippen LogP contribution is 2.25. The zero-order chi connectivity index (χ0) is 24.4. The zero-order valence-electron chi connectivity index (χ0n) is 19.4. The Hall–Kier alpha value is -2.93. The van der Waals surface area contributed by atoms with Crippen molar-refractivity contribution >= 4 is 28.7 Å². The maximum Gasteiger partial charge on any atom is 0.270 e. The van der Waals surface area contributed by atoms with Crippen LogP contribution >= 0.6 is 11.8 Å². The van der Waals surface area contributed by atoms with Crippen LogP contribution in [0.5, 0.6) is 5.88 Å². The van der Waals surface area contributed by atoms with Crippen LogP contribution < -0.4 is 15.6 Å². The number of ketones is 1. The van der Waals surface area contributed by atoms with E-state index in [4.69, 9.17) is 4.74 Å². The van der Waals surface area contributed by atoms with Gasteiger partial charge in [-0.3, -0.25) is 24.0 Å². The Morgan fingerprint density at radius 1 is 1.17 bits per heavy atom. The first kappa shape index (κ1) is 23.8. The van der Waals surface area contributed by atoms with Gasteiger partial charge in [0.25, 0.3) is 5.56 Å². The van der Waals surface area contributed by atoms with E-state index in [9.17, 15) is 14.7 Å². The number of carbonyl (C=O) groups is 1. The molecule has 1 fully saturated rings. The Bertz CT molecular complexity index is 1300. The summed E-state index contributed by atoms with van der Waals surface area (Å²) in [7, 11) is 1.53. The maximum absolute atomic E-state index is 12.5. The van der Waals surface area contributed by atoms with E-state index in [2.05, 4.69) is 30.2 Å². The summed E-state index contributed by atoms with van der Waals surface area (Å²) in [4.78, 5) is 43.9. The highest BCUT2D eigenvalue weighted by atomic mass is 32.2. The SMILES string of the molecule is COc1ccc2ncc(=O)n(CCN3C[C@H](CNCc4cnc5c(n4)CC(=O)CS5)[C@H](O)C3)c2n1. The summed E-state index contributed by atoms with van der Waals surface area (Å²) < 4.78 is 6.79. The first-order valence-corrected chi connectivity index (χ1v) is 12.5. The van der Waals surface area contributed by atoms with Crippen LogP contribution in [-0.2, 0) is 24.3 Å². The van der Waals surface area contributed by atoms with Gasteiger partial charge in [0.2, 0.25) is 5.88 Å². The Labute approximate surface area is 206 Å². The van der Waals surface area contributed by atoms with Gasteiger partial charge in [0.1, 0.15) is 16.3 Å². The number of nitrogens with zero attached hydrogens (tertiary/aromatic N) is 6. The number of β-amino-alcohol motifs (C(OH)–C–C–N with tert-alkyl or cyclic N) is 1. The van der Waals surface area contributed by atoms with Gasteiger partial charge in [-0.15, -0.1) is 0 Å². The summed E-state index contributed by atoms with van der Waals surface area (Å²) in [5, 5.41) is 14.8. The lowest BCUT2D eigenvalue weighted by atomic mass is 10.1. The Balaban J connectivity index is 1.16. The number of rotatable bonds is 8. The van der Waals surface area contributed by atoms with E-state index in [1.165, 1.54) is 25.1 Å². The number of fused-ring (bicyclic) bond motifs is 2. The number of aromatic nitrogens is 5. The molecule has 2 aliphatic rings. The van der Waals surface area contributed by atoms with Crippen molar-refractivity contribution < 1.29 is 14.6 Å². The largest absolute Gasteiger partial charge is 0.481 e. The number of likely N-dealkylation sites (tertiary alicyclic amines) is 1. The number of aliphatic hydroxyl groups excluding tert-OH is 1. The van der Waals surface area contributed by atoms with E-state index in [0.29, 0.717) is 68.5 Å². The Morgan fingerprint density at radius 3 is 2.91 bits per heavy atom. The van der Waals surface area contributed by atoms with Gasteiger partial charge in [0.15, 0.2) is 5.65 Å². The number of methoxy groups -OCH3 is 1. The Morgan fingerprint density at radius 2 is 2.06 bits per heavy atom. The second-order valence-electron chi connectivity index (χ2n) is 8.78. The molecule has 0 spiro atoms. The highest BCUT2D eigenvalue weighted by molar-refractivity contribution is 8.00. The van der Waals surface area contributed by atoms with Crippen molar-refractivity contribution in [1.82, 2.24) is 34.7 Å². The quantitative estimate of drug-likeness (QED) is 0.431. The second-order valence-corrected chi connectivity index (χ2v) is 9.74. The van der Waals surface area contributed by atoms with Crippen LogP contribution in [0.25, 0.3) is 11.2 Å². The lowest BCUT2D eigenvalue weighted by molar-refractivity contribution is -0.116. The van der Waals surface area contributed by atoms with Crippen LogP contribution in [0, 0.1) is 5.92 Å². The van der Waals surface area contributed by atoms with Gasteiger partial charge in [0, 0.05) is 51.3 Å². The summed E-state index contributed by atoms with van der Waals surface area (Å²) in [5.41, 5.74) is 2.43. The molecule has 0 aromatic carbocycles. The third-order valence-electron chi connectivity index (χ3n) is 6.30. The van der Waals surface area contributed by atoms with Gasteiger partial charge in [-0.1, -0.05) is 11.8 Å². The number of thioether (sulfide) groups is 1. The van der Waals surface area contributed by atoms with Crippen LogP contribution in [0.1, 0.15) is 11.4 Å². The van der Waals surface area contributed by atoms with Gasteiger partial charge in [-0.2, -0.15) is 4.98 Å². The van der Waals surface area contributed by atoms with Crippen molar-refractivity contribution in [2.45, 2.75) is 30.6 Å². The molecule has 5 rings (SSSR count). The minimum Gasteiger partial charge on any atom is -0.481 e. The van der Waals surface area contributed by atoms with Crippen LogP contribution in [0.4, 0.5) is 0 Å². The maximum atomic E-state index is 12.5. The number of hydrogen-bond donors (Lipinski definition) is 2. The van der Waals surface area contributed by atoms with Crippen molar-refractivity contribution in [1.29, 1.82) is 0 Å². The van der Waals surface area contributed by atoms with Crippen molar-refractivity contribution in [3.63, 3.8) is 0 Å². The molecule has 0 aliphatic carbocycles. The van der Waals surface area contributed by atoms with Crippen molar-refractivity contribution in [3.05, 3.63) is 46.3 Å². The van der Waals surface area contributed by atoms with Gasteiger partial charge in [-0.25, -0.2) is 9.97 Å². The molecule has 184 valence electrons. The van der Waals surface area contributed by atoms with Gasteiger partial charge < -0.3 is 15.2 Å². The summed E-state index contributed by atoms with van der Waals surface area (Å²) in [6.07, 6.45) is 2.93. The number of carbonyl (C=O) groups excluding carboxylic acids is 1. The molecule has 3 aromatic heterocycles. The molecule has 2 aliphatic heterocycles.